The van der Waals surface area contributed by atoms with E-state index in [4.69, 9.17) is 20.9 Å². The smallest absolute Gasteiger partial charge is 0.130 e. The lowest BCUT2D eigenvalue weighted by atomic mass is 9.65. The normalized spacial score (nSPS) is 14.7. The second-order valence-electron chi connectivity index (χ2n) is 10.9. The lowest BCUT2D eigenvalue weighted by molar-refractivity contribution is 0.345. The Hall–Kier alpha value is -3.92. The maximum Gasteiger partial charge on any atom is 0.130 e. The molecule has 0 radical (unpaired) electrons. The number of benzene rings is 4. The molecule has 4 N–H and O–H groups in total. The van der Waals surface area contributed by atoms with Gasteiger partial charge >= 0.3 is 0 Å². The van der Waals surface area contributed by atoms with Gasteiger partial charge in [0, 0.05) is 16.8 Å². The van der Waals surface area contributed by atoms with E-state index in [0.717, 1.165) is 69.5 Å². The summed E-state index contributed by atoms with van der Waals surface area (Å²) in [5, 5.41) is 0. The molecule has 0 saturated heterocycles. The van der Waals surface area contributed by atoms with E-state index >= 15 is 0 Å². The number of hydrogen-bond acceptors (Lipinski definition) is 4. The second-order valence-corrected chi connectivity index (χ2v) is 10.9. The summed E-state index contributed by atoms with van der Waals surface area (Å²) in [5.41, 5.74) is 20.4. The zero-order chi connectivity index (χ0) is 26.9. The molecule has 4 aromatic rings. The SMILES string of the molecule is Cc1cc(N)ccc1Oc1ccc(C2(c3ccc(Oc4ccc(N)cc4C)c(C)c3)CCCCC2)cc1C. The fraction of sp³-hybridized carbons (Fsp3) is 0.294. The molecule has 1 aliphatic carbocycles. The highest BCUT2D eigenvalue weighted by atomic mass is 16.5. The van der Waals surface area contributed by atoms with Crippen molar-refractivity contribution in [1.29, 1.82) is 0 Å². The summed E-state index contributed by atoms with van der Waals surface area (Å²) >= 11 is 0. The predicted molar refractivity (Wildman–Crippen MR) is 158 cm³/mol. The maximum atomic E-state index is 6.30. The van der Waals surface area contributed by atoms with Crippen LogP contribution in [0.25, 0.3) is 0 Å². The van der Waals surface area contributed by atoms with Gasteiger partial charge in [-0.25, -0.2) is 0 Å². The van der Waals surface area contributed by atoms with Gasteiger partial charge in [-0.3, -0.25) is 0 Å². The molecule has 196 valence electrons. The highest BCUT2D eigenvalue weighted by molar-refractivity contribution is 5.53. The minimum Gasteiger partial charge on any atom is -0.457 e. The average molecular weight is 507 g/mol. The molecule has 0 bridgehead atoms. The van der Waals surface area contributed by atoms with Gasteiger partial charge < -0.3 is 20.9 Å². The minimum atomic E-state index is -0.0148. The molecular weight excluding hydrogens is 468 g/mol. The molecule has 0 amide bonds. The second kappa shape index (κ2) is 10.4. The van der Waals surface area contributed by atoms with E-state index in [1.165, 1.54) is 30.4 Å². The van der Waals surface area contributed by atoms with Gasteiger partial charge in [-0.05, 0) is 122 Å². The number of ether oxygens (including phenoxy) is 2. The van der Waals surface area contributed by atoms with Crippen LogP contribution >= 0.6 is 0 Å². The Morgan fingerprint density at radius 1 is 0.500 bits per heavy atom. The van der Waals surface area contributed by atoms with E-state index in [1.807, 2.05) is 50.2 Å². The molecule has 1 aliphatic rings. The molecule has 4 aromatic carbocycles. The van der Waals surface area contributed by atoms with Gasteiger partial charge in [-0.2, -0.15) is 0 Å². The molecule has 0 atom stereocenters. The Labute approximate surface area is 226 Å². The van der Waals surface area contributed by atoms with Crippen molar-refractivity contribution in [1.82, 2.24) is 0 Å². The number of anilines is 2. The summed E-state index contributed by atoms with van der Waals surface area (Å²) in [6.07, 6.45) is 6.02. The van der Waals surface area contributed by atoms with Crippen LogP contribution in [0.1, 0.15) is 65.5 Å². The Morgan fingerprint density at radius 2 is 0.868 bits per heavy atom. The first kappa shape index (κ1) is 25.7. The van der Waals surface area contributed by atoms with Crippen molar-refractivity contribution >= 4 is 11.4 Å². The third-order valence-electron chi connectivity index (χ3n) is 8.00. The monoisotopic (exact) mass is 506 g/mol. The lowest BCUT2D eigenvalue weighted by Gasteiger charge is -2.39. The third kappa shape index (κ3) is 5.08. The molecule has 4 heteroatoms. The topological polar surface area (TPSA) is 70.5 Å². The van der Waals surface area contributed by atoms with E-state index in [1.54, 1.807) is 0 Å². The third-order valence-corrected chi connectivity index (χ3v) is 8.00. The summed E-state index contributed by atoms with van der Waals surface area (Å²) in [6, 6.07) is 25.0. The maximum absolute atomic E-state index is 6.30. The zero-order valence-electron chi connectivity index (χ0n) is 22.9. The van der Waals surface area contributed by atoms with E-state index in [9.17, 15) is 0 Å². The van der Waals surface area contributed by atoms with Gasteiger partial charge in [0.25, 0.3) is 0 Å². The van der Waals surface area contributed by atoms with Crippen molar-refractivity contribution < 1.29 is 9.47 Å². The van der Waals surface area contributed by atoms with Gasteiger partial charge in [-0.15, -0.1) is 0 Å². The van der Waals surface area contributed by atoms with Crippen LogP contribution in [0.4, 0.5) is 11.4 Å². The first-order valence-electron chi connectivity index (χ1n) is 13.6. The Balaban J connectivity index is 1.46. The van der Waals surface area contributed by atoms with Crippen molar-refractivity contribution in [3.05, 3.63) is 106 Å². The van der Waals surface area contributed by atoms with Gasteiger partial charge in [-0.1, -0.05) is 43.5 Å². The van der Waals surface area contributed by atoms with E-state index in [0.29, 0.717) is 0 Å². The van der Waals surface area contributed by atoms with E-state index < -0.39 is 0 Å². The summed E-state index contributed by atoms with van der Waals surface area (Å²) in [4.78, 5) is 0. The summed E-state index contributed by atoms with van der Waals surface area (Å²) in [5.74, 6) is 3.44. The van der Waals surface area contributed by atoms with Crippen LogP contribution in [0.3, 0.4) is 0 Å². The fourth-order valence-electron chi connectivity index (χ4n) is 5.83. The van der Waals surface area contributed by atoms with Crippen molar-refractivity contribution in [3.63, 3.8) is 0 Å². The number of rotatable bonds is 6. The molecule has 4 nitrogen and oxygen atoms in total. The molecule has 5 rings (SSSR count). The van der Waals surface area contributed by atoms with Gasteiger partial charge in [0.05, 0.1) is 0 Å². The molecule has 0 spiro atoms. The Bertz CT molecular complexity index is 1360. The van der Waals surface area contributed by atoms with E-state index in [2.05, 4.69) is 50.2 Å². The number of nitrogen functional groups attached to an aromatic ring is 2. The molecule has 1 saturated carbocycles. The molecule has 0 heterocycles. The minimum absolute atomic E-state index is 0.0148. The van der Waals surface area contributed by atoms with Crippen molar-refractivity contribution in [2.75, 3.05) is 11.5 Å². The van der Waals surface area contributed by atoms with Crippen LogP contribution in [0.15, 0.2) is 72.8 Å². The lowest BCUT2D eigenvalue weighted by Crippen LogP contribution is -2.30. The fourth-order valence-corrected chi connectivity index (χ4v) is 5.83. The van der Waals surface area contributed by atoms with Crippen LogP contribution in [0.5, 0.6) is 23.0 Å². The van der Waals surface area contributed by atoms with Crippen molar-refractivity contribution in [2.45, 2.75) is 65.2 Å². The zero-order valence-corrected chi connectivity index (χ0v) is 22.9. The Morgan fingerprint density at radius 3 is 1.24 bits per heavy atom. The highest BCUT2D eigenvalue weighted by Crippen LogP contribution is 2.47. The quantitative estimate of drug-likeness (QED) is 0.256. The first-order valence-corrected chi connectivity index (χ1v) is 13.6. The van der Waals surface area contributed by atoms with Crippen LogP contribution in [0, 0.1) is 27.7 Å². The molecule has 0 aromatic heterocycles. The molecule has 1 fully saturated rings. The van der Waals surface area contributed by atoms with E-state index in [-0.39, 0.29) is 5.41 Å². The average Bonchev–Trinajstić information content (AvgIpc) is 2.89. The van der Waals surface area contributed by atoms with Crippen molar-refractivity contribution in [3.8, 4) is 23.0 Å². The first-order chi connectivity index (χ1) is 18.2. The number of aryl methyl sites for hydroxylation is 4. The molecular formula is C34H38N2O2. The molecule has 38 heavy (non-hydrogen) atoms. The molecule has 0 unspecified atom stereocenters. The largest absolute Gasteiger partial charge is 0.457 e. The number of hydrogen-bond donors (Lipinski definition) is 2. The summed E-state index contributed by atoms with van der Waals surface area (Å²) in [6.45, 7) is 8.33. The van der Waals surface area contributed by atoms with Gasteiger partial charge in [0.15, 0.2) is 0 Å². The predicted octanol–water partition coefficient (Wildman–Crippen LogP) is 8.92. The molecule has 0 aliphatic heterocycles. The van der Waals surface area contributed by atoms with Crippen LogP contribution in [0.2, 0.25) is 0 Å². The number of nitrogens with two attached hydrogens (primary N) is 2. The van der Waals surface area contributed by atoms with Crippen LogP contribution < -0.4 is 20.9 Å². The van der Waals surface area contributed by atoms with Gasteiger partial charge in [0.1, 0.15) is 23.0 Å². The summed E-state index contributed by atoms with van der Waals surface area (Å²) in [7, 11) is 0. The van der Waals surface area contributed by atoms with Crippen molar-refractivity contribution in [2.24, 2.45) is 0 Å². The van der Waals surface area contributed by atoms with Crippen LogP contribution in [-0.2, 0) is 5.41 Å². The standard InChI is InChI=1S/C34H38N2O2/c1-22-18-26(8-12-30(22)37-32-14-10-28(35)20-24(32)3)34(16-6-5-7-17-34)27-9-13-31(23(2)19-27)38-33-15-11-29(36)21-25(33)4/h8-15,18-21H,5-7,16-17,35-36H2,1-4H3. The highest BCUT2D eigenvalue weighted by Gasteiger charge is 2.36. The summed E-state index contributed by atoms with van der Waals surface area (Å²) < 4.78 is 12.6. The Kier molecular flexibility index (Phi) is 7.07. The van der Waals surface area contributed by atoms with Crippen LogP contribution in [-0.4, -0.2) is 0 Å². The van der Waals surface area contributed by atoms with Gasteiger partial charge in [0.2, 0.25) is 0 Å².